The van der Waals surface area contributed by atoms with Crippen molar-refractivity contribution in [2.45, 2.75) is 6.42 Å². The Kier molecular flexibility index (Phi) is 3.65. The predicted octanol–water partition coefficient (Wildman–Crippen LogP) is 1.57. The predicted molar refractivity (Wildman–Crippen MR) is 72.9 cm³/mol. The lowest BCUT2D eigenvalue weighted by Crippen LogP contribution is -2.09. The van der Waals surface area contributed by atoms with Gasteiger partial charge in [-0.1, -0.05) is 0 Å². The summed E-state index contributed by atoms with van der Waals surface area (Å²) in [7, 11) is 1.92. The van der Waals surface area contributed by atoms with Gasteiger partial charge in [0.05, 0.1) is 4.92 Å². The van der Waals surface area contributed by atoms with Crippen molar-refractivity contribution in [3.05, 3.63) is 46.5 Å². The normalized spacial score (nSPS) is 10.4. The second-order valence-electron chi connectivity index (χ2n) is 4.20. The molecule has 0 unspecified atom stereocenters. The summed E-state index contributed by atoms with van der Waals surface area (Å²) in [6.07, 6.45) is 4.34. The first-order valence-electron chi connectivity index (χ1n) is 5.81. The molecule has 3 N–H and O–H groups in total. The van der Waals surface area contributed by atoms with Crippen LogP contribution in [0, 0.1) is 10.1 Å². The Morgan fingerprint density at radius 1 is 1.47 bits per heavy atom. The van der Waals surface area contributed by atoms with E-state index in [1.807, 2.05) is 17.8 Å². The SMILES string of the molecule is Cn1ccnc1CCNc1cc(N)cc([N+](=O)[O-])c1. The van der Waals surface area contributed by atoms with Crippen LogP contribution in [0.5, 0.6) is 0 Å². The van der Waals surface area contributed by atoms with Crippen molar-refractivity contribution in [1.29, 1.82) is 0 Å². The number of imidazole rings is 1. The molecular weight excluding hydrogens is 246 g/mol. The van der Waals surface area contributed by atoms with E-state index in [0.717, 1.165) is 12.2 Å². The summed E-state index contributed by atoms with van der Waals surface area (Å²) in [4.78, 5) is 14.5. The second-order valence-corrected chi connectivity index (χ2v) is 4.20. The summed E-state index contributed by atoms with van der Waals surface area (Å²) in [5.74, 6) is 0.950. The van der Waals surface area contributed by atoms with Crippen LogP contribution in [0.15, 0.2) is 30.6 Å². The molecule has 0 atom stereocenters. The highest BCUT2D eigenvalue weighted by atomic mass is 16.6. The largest absolute Gasteiger partial charge is 0.398 e. The van der Waals surface area contributed by atoms with E-state index in [-0.39, 0.29) is 5.69 Å². The minimum absolute atomic E-state index is 0.0144. The maximum Gasteiger partial charge on any atom is 0.273 e. The van der Waals surface area contributed by atoms with Crippen molar-refractivity contribution in [2.24, 2.45) is 7.05 Å². The summed E-state index contributed by atoms with van der Waals surface area (Å²) in [6, 6.07) is 4.48. The van der Waals surface area contributed by atoms with Crippen molar-refractivity contribution in [3.63, 3.8) is 0 Å². The molecule has 0 bridgehead atoms. The van der Waals surface area contributed by atoms with E-state index >= 15 is 0 Å². The van der Waals surface area contributed by atoms with E-state index in [4.69, 9.17) is 5.73 Å². The zero-order valence-electron chi connectivity index (χ0n) is 10.5. The van der Waals surface area contributed by atoms with Crippen LogP contribution in [0.2, 0.25) is 0 Å². The van der Waals surface area contributed by atoms with Crippen molar-refractivity contribution in [3.8, 4) is 0 Å². The number of aryl methyl sites for hydroxylation is 1. The summed E-state index contributed by atoms with van der Waals surface area (Å²) in [5.41, 5.74) is 6.62. The molecule has 7 heteroatoms. The van der Waals surface area contributed by atoms with Gasteiger partial charge in [0.1, 0.15) is 5.82 Å². The van der Waals surface area contributed by atoms with Gasteiger partial charge in [0.2, 0.25) is 0 Å². The minimum Gasteiger partial charge on any atom is -0.398 e. The van der Waals surface area contributed by atoms with Gasteiger partial charge in [-0.05, 0) is 6.07 Å². The first-order valence-corrected chi connectivity index (χ1v) is 5.81. The molecule has 0 amide bonds. The molecule has 0 aliphatic carbocycles. The van der Waals surface area contributed by atoms with Crippen LogP contribution < -0.4 is 11.1 Å². The number of hydrogen-bond donors (Lipinski definition) is 2. The Labute approximate surface area is 110 Å². The standard InChI is InChI=1S/C12H15N5O2/c1-16-5-4-15-12(16)2-3-14-10-6-9(13)7-11(8-10)17(18)19/h4-8,14H,2-3,13H2,1H3. The van der Waals surface area contributed by atoms with Crippen LogP contribution in [0.1, 0.15) is 5.82 Å². The first-order chi connectivity index (χ1) is 9.06. The molecule has 1 aromatic heterocycles. The Hall–Kier alpha value is -2.57. The Bertz CT molecular complexity index is 594. The van der Waals surface area contributed by atoms with Crippen LogP contribution in [-0.2, 0) is 13.5 Å². The number of benzene rings is 1. The van der Waals surface area contributed by atoms with Gasteiger partial charge in [-0.25, -0.2) is 4.98 Å². The number of nitro benzene ring substituents is 1. The van der Waals surface area contributed by atoms with Gasteiger partial charge in [-0.15, -0.1) is 0 Å². The fourth-order valence-electron chi connectivity index (χ4n) is 1.80. The van der Waals surface area contributed by atoms with Gasteiger partial charge in [0.25, 0.3) is 5.69 Å². The highest BCUT2D eigenvalue weighted by Crippen LogP contribution is 2.22. The van der Waals surface area contributed by atoms with E-state index in [1.165, 1.54) is 12.1 Å². The number of nitrogens with one attached hydrogen (secondary N) is 1. The third-order valence-corrected chi connectivity index (χ3v) is 2.75. The quantitative estimate of drug-likeness (QED) is 0.483. The minimum atomic E-state index is -0.458. The molecule has 0 saturated heterocycles. The Morgan fingerprint density at radius 2 is 2.26 bits per heavy atom. The molecule has 7 nitrogen and oxygen atoms in total. The maximum absolute atomic E-state index is 10.7. The molecule has 0 aliphatic rings. The van der Waals surface area contributed by atoms with Gasteiger partial charge < -0.3 is 15.6 Å². The van der Waals surface area contributed by atoms with E-state index < -0.39 is 4.92 Å². The van der Waals surface area contributed by atoms with Crippen LogP contribution in [0.25, 0.3) is 0 Å². The molecule has 1 heterocycles. The molecule has 1 aromatic carbocycles. The lowest BCUT2D eigenvalue weighted by atomic mass is 10.2. The lowest BCUT2D eigenvalue weighted by Gasteiger charge is -2.07. The number of nitrogens with zero attached hydrogens (tertiary/aromatic N) is 3. The zero-order valence-corrected chi connectivity index (χ0v) is 10.5. The summed E-state index contributed by atoms with van der Waals surface area (Å²) >= 11 is 0. The third kappa shape index (κ3) is 3.21. The van der Waals surface area contributed by atoms with Crippen molar-refractivity contribution in [1.82, 2.24) is 9.55 Å². The fourth-order valence-corrected chi connectivity index (χ4v) is 1.80. The van der Waals surface area contributed by atoms with Gasteiger partial charge in [0, 0.05) is 55.9 Å². The van der Waals surface area contributed by atoms with E-state index in [1.54, 1.807) is 12.3 Å². The molecule has 100 valence electrons. The average Bonchev–Trinajstić information content (AvgIpc) is 2.74. The van der Waals surface area contributed by atoms with E-state index in [2.05, 4.69) is 10.3 Å². The molecule has 0 aliphatic heterocycles. The van der Waals surface area contributed by atoms with E-state index in [0.29, 0.717) is 17.9 Å². The van der Waals surface area contributed by atoms with E-state index in [9.17, 15) is 10.1 Å². The smallest absolute Gasteiger partial charge is 0.273 e. The molecule has 0 fully saturated rings. The van der Waals surface area contributed by atoms with Gasteiger partial charge in [0.15, 0.2) is 0 Å². The number of non-ortho nitro benzene ring substituents is 1. The molecule has 0 saturated carbocycles. The average molecular weight is 261 g/mol. The second kappa shape index (κ2) is 5.38. The highest BCUT2D eigenvalue weighted by molar-refractivity contribution is 5.61. The van der Waals surface area contributed by atoms with Crippen molar-refractivity contribution >= 4 is 17.1 Å². The van der Waals surface area contributed by atoms with Crippen LogP contribution in [0.3, 0.4) is 0 Å². The van der Waals surface area contributed by atoms with Gasteiger partial charge in [-0.2, -0.15) is 0 Å². The molecule has 0 spiro atoms. The zero-order chi connectivity index (χ0) is 13.8. The lowest BCUT2D eigenvalue weighted by molar-refractivity contribution is -0.384. The van der Waals surface area contributed by atoms with Crippen LogP contribution in [0.4, 0.5) is 17.1 Å². The molecule has 0 radical (unpaired) electrons. The molecule has 2 rings (SSSR count). The number of nitrogen functional groups attached to an aromatic ring is 1. The summed E-state index contributed by atoms with van der Waals surface area (Å²) < 4.78 is 1.93. The Balaban J connectivity index is 2.00. The number of hydrogen-bond acceptors (Lipinski definition) is 5. The number of rotatable bonds is 5. The van der Waals surface area contributed by atoms with Gasteiger partial charge >= 0.3 is 0 Å². The summed E-state index contributed by atoms with van der Waals surface area (Å²) in [5, 5.41) is 13.8. The molecule has 2 aromatic rings. The number of nitro groups is 1. The van der Waals surface area contributed by atoms with Crippen LogP contribution in [-0.4, -0.2) is 21.0 Å². The third-order valence-electron chi connectivity index (χ3n) is 2.75. The maximum atomic E-state index is 10.7. The summed E-state index contributed by atoms with van der Waals surface area (Å²) in [6.45, 7) is 0.630. The number of nitrogens with two attached hydrogens (primary N) is 1. The van der Waals surface area contributed by atoms with Gasteiger partial charge in [-0.3, -0.25) is 10.1 Å². The number of aromatic nitrogens is 2. The fraction of sp³-hybridized carbons (Fsp3) is 0.250. The van der Waals surface area contributed by atoms with Crippen molar-refractivity contribution < 1.29 is 4.92 Å². The van der Waals surface area contributed by atoms with Crippen molar-refractivity contribution in [2.75, 3.05) is 17.6 Å². The van der Waals surface area contributed by atoms with Crippen LogP contribution >= 0.6 is 0 Å². The molecular formula is C12H15N5O2. The topological polar surface area (TPSA) is 99.0 Å². The molecule has 19 heavy (non-hydrogen) atoms. The first kappa shape index (κ1) is 12.9. The monoisotopic (exact) mass is 261 g/mol. The highest BCUT2D eigenvalue weighted by Gasteiger charge is 2.08. The number of anilines is 2. The Morgan fingerprint density at radius 3 is 2.89 bits per heavy atom.